The third-order valence-corrected chi connectivity index (χ3v) is 5.17. The number of Topliss-reactive ketones (excluding diaryl/α,β-unsaturated/α-hetero) is 1. The van der Waals surface area contributed by atoms with Crippen LogP contribution < -0.4 is 9.64 Å². The number of anilines is 1. The van der Waals surface area contributed by atoms with Gasteiger partial charge in [0.25, 0.3) is 0 Å². The van der Waals surface area contributed by atoms with Gasteiger partial charge >= 0.3 is 5.97 Å². The molecule has 1 aliphatic rings. The average molecular weight is 467 g/mol. The van der Waals surface area contributed by atoms with Crippen molar-refractivity contribution in [2.45, 2.75) is 6.42 Å². The lowest BCUT2D eigenvalue weighted by Crippen LogP contribution is -2.27. The van der Waals surface area contributed by atoms with Crippen molar-refractivity contribution in [3.8, 4) is 5.75 Å². The van der Waals surface area contributed by atoms with Crippen LogP contribution in [0.4, 0.5) is 5.69 Å². The molecule has 28 heavy (non-hydrogen) atoms. The minimum atomic E-state index is -0.658. The number of amides is 1. The molecule has 1 saturated heterocycles. The lowest BCUT2D eigenvalue weighted by Gasteiger charge is -2.19. The molecule has 0 aromatic heterocycles. The summed E-state index contributed by atoms with van der Waals surface area (Å²) in [6.45, 7) is -0.230. The van der Waals surface area contributed by atoms with Gasteiger partial charge in [0.2, 0.25) is 5.91 Å². The molecular formula is C20H17BrClNO5. The van der Waals surface area contributed by atoms with Gasteiger partial charge in [0.1, 0.15) is 5.75 Å². The zero-order valence-corrected chi connectivity index (χ0v) is 17.3. The molecule has 1 amide bonds. The van der Waals surface area contributed by atoms with Crippen LogP contribution in [-0.4, -0.2) is 37.9 Å². The van der Waals surface area contributed by atoms with Crippen LogP contribution in [0.3, 0.4) is 0 Å². The molecule has 146 valence electrons. The molecule has 2 aromatic carbocycles. The van der Waals surface area contributed by atoms with E-state index in [2.05, 4.69) is 15.9 Å². The molecule has 1 heterocycles. The van der Waals surface area contributed by atoms with Crippen LogP contribution in [0.15, 0.2) is 46.9 Å². The van der Waals surface area contributed by atoms with Crippen molar-refractivity contribution in [2.24, 2.45) is 5.92 Å². The molecule has 3 rings (SSSR count). The number of hydrogen-bond acceptors (Lipinski definition) is 5. The summed E-state index contributed by atoms with van der Waals surface area (Å²) in [4.78, 5) is 38.4. The quantitative estimate of drug-likeness (QED) is 0.477. The highest BCUT2D eigenvalue weighted by molar-refractivity contribution is 9.10. The standard InChI is InChI=1S/C20H17BrClNO5/c1-27-18-7-6-15(22)9-16(18)23-10-13(8-19(23)25)20(26)28-11-17(24)12-2-4-14(21)5-3-12/h2-7,9,13H,8,10-11H2,1H3. The average Bonchev–Trinajstić information content (AvgIpc) is 3.08. The second-order valence-corrected chi connectivity index (χ2v) is 7.61. The van der Waals surface area contributed by atoms with Crippen molar-refractivity contribution in [3.63, 3.8) is 0 Å². The van der Waals surface area contributed by atoms with Gasteiger partial charge in [-0.15, -0.1) is 0 Å². The fourth-order valence-electron chi connectivity index (χ4n) is 2.95. The molecule has 6 nitrogen and oxygen atoms in total. The van der Waals surface area contributed by atoms with Crippen molar-refractivity contribution >= 4 is 50.9 Å². The van der Waals surface area contributed by atoms with E-state index in [0.717, 1.165) is 4.47 Å². The highest BCUT2D eigenvalue weighted by atomic mass is 79.9. The Morgan fingerprint density at radius 2 is 1.93 bits per heavy atom. The van der Waals surface area contributed by atoms with E-state index in [-0.39, 0.29) is 31.3 Å². The van der Waals surface area contributed by atoms with Crippen LogP contribution in [0.2, 0.25) is 5.02 Å². The Hall–Kier alpha value is -2.38. The summed E-state index contributed by atoms with van der Waals surface area (Å²) in [5.74, 6) is -1.30. The van der Waals surface area contributed by atoms with Crippen molar-refractivity contribution < 1.29 is 23.9 Å². The van der Waals surface area contributed by atoms with Gasteiger partial charge in [0.05, 0.1) is 18.7 Å². The van der Waals surface area contributed by atoms with Gasteiger partial charge in [-0.3, -0.25) is 14.4 Å². The summed E-state index contributed by atoms with van der Waals surface area (Å²) in [6, 6.07) is 11.7. The number of esters is 1. The number of methoxy groups -OCH3 is 1. The van der Waals surface area contributed by atoms with Crippen LogP contribution in [-0.2, 0) is 14.3 Å². The van der Waals surface area contributed by atoms with E-state index in [1.54, 1.807) is 42.5 Å². The first kappa shape index (κ1) is 20.4. The summed E-state index contributed by atoms with van der Waals surface area (Å²) >= 11 is 9.32. The minimum absolute atomic E-state index is 0.000967. The minimum Gasteiger partial charge on any atom is -0.495 e. The number of ether oxygens (including phenoxy) is 2. The third-order valence-electron chi connectivity index (χ3n) is 4.40. The summed E-state index contributed by atoms with van der Waals surface area (Å²) in [5.41, 5.74) is 0.949. The molecule has 0 spiro atoms. The third kappa shape index (κ3) is 4.54. The molecule has 1 aliphatic heterocycles. The van der Waals surface area contributed by atoms with Gasteiger partial charge in [-0.25, -0.2) is 0 Å². The predicted molar refractivity (Wildman–Crippen MR) is 108 cm³/mol. The van der Waals surface area contributed by atoms with Gasteiger partial charge in [-0.2, -0.15) is 0 Å². The second kappa shape index (κ2) is 8.75. The molecule has 8 heteroatoms. The summed E-state index contributed by atoms with van der Waals surface area (Å²) < 4.78 is 11.3. The Kier molecular flexibility index (Phi) is 6.36. The monoisotopic (exact) mass is 465 g/mol. The van der Waals surface area contributed by atoms with Gasteiger partial charge < -0.3 is 14.4 Å². The van der Waals surface area contributed by atoms with E-state index in [1.165, 1.54) is 12.0 Å². The maximum absolute atomic E-state index is 12.4. The van der Waals surface area contributed by atoms with Crippen molar-refractivity contribution in [2.75, 3.05) is 25.2 Å². The molecule has 1 unspecified atom stereocenters. The van der Waals surface area contributed by atoms with Crippen LogP contribution in [0, 0.1) is 5.92 Å². The summed E-state index contributed by atoms with van der Waals surface area (Å²) in [7, 11) is 1.49. The number of halogens is 2. The first-order valence-electron chi connectivity index (χ1n) is 8.48. The van der Waals surface area contributed by atoms with E-state index in [0.29, 0.717) is 22.0 Å². The number of carbonyl (C=O) groups excluding carboxylic acids is 3. The highest BCUT2D eigenvalue weighted by Gasteiger charge is 2.37. The Balaban J connectivity index is 1.63. The second-order valence-electron chi connectivity index (χ2n) is 6.26. The van der Waals surface area contributed by atoms with Gasteiger partial charge in [-0.1, -0.05) is 39.7 Å². The van der Waals surface area contributed by atoms with Crippen LogP contribution in [0.1, 0.15) is 16.8 Å². The van der Waals surface area contributed by atoms with E-state index in [4.69, 9.17) is 21.1 Å². The number of benzene rings is 2. The van der Waals surface area contributed by atoms with E-state index in [1.807, 2.05) is 0 Å². The fourth-order valence-corrected chi connectivity index (χ4v) is 3.38. The van der Waals surface area contributed by atoms with Crippen LogP contribution >= 0.6 is 27.5 Å². The molecule has 1 atom stereocenters. The first-order chi connectivity index (χ1) is 13.4. The van der Waals surface area contributed by atoms with Crippen LogP contribution in [0.5, 0.6) is 5.75 Å². The number of ketones is 1. The SMILES string of the molecule is COc1ccc(Cl)cc1N1CC(C(=O)OCC(=O)c2ccc(Br)cc2)CC1=O. The number of nitrogens with zero attached hydrogens (tertiary/aromatic N) is 1. The fraction of sp³-hybridized carbons (Fsp3) is 0.250. The zero-order valence-electron chi connectivity index (χ0n) is 15.0. The Labute approximate surface area is 175 Å². The maximum Gasteiger partial charge on any atom is 0.311 e. The molecule has 0 saturated carbocycles. The maximum atomic E-state index is 12.4. The molecule has 0 N–H and O–H groups in total. The summed E-state index contributed by atoms with van der Waals surface area (Å²) in [5, 5.41) is 0.453. The Bertz CT molecular complexity index is 915. The summed E-state index contributed by atoms with van der Waals surface area (Å²) in [6.07, 6.45) is 0.000967. The van der Waals surface area contributed by atoms with E-state index >= 15 is 0 Å². The van der Waals surface area contributed by atoms with Gasteiger partial charge in [0, 0.05) is 28.0 Å². The molecule has 0 radical (unpaired) electrons. The normalized spacial score (nSPS) is 16.2. The topological polar surface area (TPSA) is 72.9 Å². The number of rotatable bonds is 6. The number of hydrogen-bond donors (Lipinski definition) is 0. The lowest BCUT2D eigenvalue weighted by atomic mass is 10.1. The van der Waals surface area contributed by atoms with E-state index in [9.17, 15) is 14.4 Å². The molecule has 1 fully saturated rings. The molecule has 0 bridgehead atoms. The largest absolute Gasteiger partial charge is 0.495 e. The van der Waals surface area contributed by atoms with E-state index < -0.39 is 11.9 Å². The van der Waals surface area contributed by atoms with Crippen LogP contribution in [0.25, 0.3) is 0 Å². The van der Waals surface area contributed by atoms with Gasteiger partial charge in [-0.05, 0) is 30.3 Å². The molecular weight excluding hydrogens is 450 g/mol. The molecule has 2 aromatic rings. The Morgan fingerprint density at radius 1 is 1.21 bits per heavy atom. The van der Waals surface area contributed by atoms with Gasteiger partial charge in [0.15, 0.2) is 12.4 Å². The van der Waals surface area contributed by atoms with Crippen molar-refractivity contribution in [1.29, 1.82) is 0 Å². The van der Waals surface area contributed by atoms with Crippen molar-refractivity contribution in [3.05, 3.63) is 57.5 Å². The zero-order chi connectivity index (χ0) is 20.3. The first-order valence-corrected chi connectivity index (χ1v) is 9.65. The molecule has 0 aliphatic carbocycles. The highest BCUT2D eigenvalue weighted by Crippen LogP contribution is 2.35. The lowest BCUT2D eigenvalue weighted by molar-refractivity contribution is -0.147. The Morgan fingerprint density at radius 3 is 2.61 bits per heavy atom. The number of carbonyl (C=O) groups is 3. The smallest absolute Gasteiger partial charge is 0.311 e. The predicted octanol–water partition coefficient (Wildman–Crippen LogP) is 3.89. The van der Waals surface area contributed by atoms with Crippen molar-refractivity contribution in [1.82, 2.24) is 0 Å².